The maximum Gasteiger partial charge on any atom is 0.0540 e. The highest BCUT2D eigenvalue weighted by molar-refractivity contribution is 6.25. The van der Waals surface area contributed by atoms with Gasteiger partial charge in [0.2, 0.25) is 0 Å². The molecular weight excluding hydrogens is 857 g/mol. The first-order chi connectivity index (χ1) is 34.9. The average molecular weight is 905 g/mol. The van der Waals surface area contributed by atoms with Crippen LogP contribution in [-0.4, -0.2) is 0 Å². The summed E-state index contributed by atoms with van der Waals surface area (Å²) in [5.41, 5.74) is 15.4. The number of aryl methyl sites for hydroxylation is 3. The molecule has 0 heterocycles. The summed E-state index contributed by atoms with van der Waals surface area (Å²) in [6.07, 6.45) is 0. The summed E-state index contributed by atoms with van der Waals surface area (Å²) in [6, 6.07) is 88.1. The Morgan fingerprint density at radius 1 is 0.254 bits per heavy atom. The molecule has 0 saturated heterocycles. The molecule has 71 heavy (non-hydrogen) atoms. The Bertz CT molecular complexity index is 4220. The highest BCUT2D eigenvalue weighted by atomic mass is 15.2. The molecule has 0 bridgehead atoms. The molecule has 334 valence electrons. The molecule has 0 aliphatic carbocycles. The van der Waals surface area contributed by atoms with Gasteiger partial charge in [0.15, 0.2) is 0 Å². The molecule has 2 heteroatoms. The van der Waals surface area contributed by atoms with Crippen molar-refractivity contribution in [1.82, 2.24) is 0 Å². The lowest BCUT2D eigenvalue weighted by atomic mass is 9.93. The predicted octanol–water partition coefficient (Wildman–Crippen LogP) is 19.8. The normalized spacial score (nSPS) is 11.9. The summed E-state index contributed by atoms with van der Waals surface area (Å²) < 4.78 is 0. The summed E-state index contributed by atoms with van der Waals surface area (Å²) >= 11 is 0. The highest BCUT2D eigenvalue weighted by Gasteiger charge is 2.22. The number of nitrogens with zero attached hydrogens (tertiary/aromatic N) is 2. The van der Waals surface area contributed by atoms with Gasteiger partial charge in [-0.2, -0.15) is 0 Å². The molecule has 0 aliphatic heterocycles. The second kappa shape index (κ2) is 16.1. The summed E-state index contributed by atoms with van der Waals surface area (Å²) in [5, 5.41) is 17.9. The molecule has 0 aliphatic rings. The molecule has 0 fully saturated rings. The van der Waals surface area contributed by atoms with Crippen LogP contribution >= 0.6 is 0 Å². The number of hydrogen-bond donors (Lipinski definition) is 0. The molecule has 0 spiro atoms. The minimum atomic E-state index is 1.11. The summed E-state index contributed by atoms with van der Waals surface area (Å²) in [5.74, 6) is 0. The largest absolute Gasteiger partial charge is 0.310 e. The van der Waals surface area contributed by atoms with Crippen molar-refractivity contribution in [2.75, 3.05) is 9.80 Å². The number of rotatable bonds is 8. The van der Waals surface area contributed by atoms with Gasteiger partial charge < -0.3 is 9.80 Å². The predicted molar refractivity (Wildman–Crippen MR) is 306 cm³/mol. The second-order valence-corrected chi connectivity index (χ2v) is 19.5. The topological polar surface area (TPSA) is 6.48 Å². The van der Waals surface area contributed by atoms with E-state index >= 15 is 0 Å². The van der Waals surface area contributed by atoms with Gasteiger partial charge in [0.05, 0.1) is 11.4 Å². The number of fused-ring (bicyclic) bond motifs is 1. The van der Waals surface area contributed by atoms with Crippen LogP contribution in [0.25, 0.3) is 97.7 Å². The van der Waals surface area contributed by atoms with E-state index < -0.39 is 0 Å². The van der Waals surface area contributed by atoms with E-state index in [1.54, 1.807) is 0 Å². The van der Waals surface area contributed by atoms with Crippen LogP contribution in [-0.2, 0) is 0 Å². The Morgan fingerprint density at radius 2 is 0.634 bits per heavy atom. The Morgan fingerprint density at radius 3 is 1.14 bits per heavy atom. The first-order valence-corrected chi connectivity index (χ1v) is 24.7. The van der Waals surface area contributed by atoms with Crippen LogP contribution in [0.2, 0.25) is 0 Å². The molecule has 0 amide bonds. The zero-order valence-electron chi connectivity index (χ0n) is 39.9. The minimum absolute atomic E-state index is 1.11. The number of benzene rings is 14. The van der Waals surface area contributed by atoms with Crippen molar-refractivity contribution in [2.45, 2.75) is 20.8 Å². The monoisotopic (exact) mass is 904 g/mol. The van der Waals surface area contributed by atoms with Gasteiger partial charge in [-0.3, -0.25) is 0 Å². The van der Waals surface area contributed by atoms with Crippen molar-refractivity contribution in [3.8, 4) is 22.3 Å². The van der Waals surface area contributed by atoms with E-state index in [-0.39, 0.29) is 0 Å². The molecule has 0 unspecified atom stereocenters. The Labute approximate surface area is 413 Å². The SMILES string of the molecule is Cc1cc(C)c(N(c2ccc(-c3cccc(-c4ccc(N(c5cc6ccc7cccc8ccc(c5)c6c78)c5cccc6ccccc56)cc4)c3)cc2)c2cc3ccc4cccc5ccc(c2)c3c45)c(C)c1. The first-order valence-electron chi connectivity index (χ1n) is 24.7. The zero-order valence-corrected chi connectivity index (χ0v) is 39.9. The van der Waals surface area contributed by atoms with Gasteiger partial charge in [-0.05, 0) is 185 Å². The fourth-order valence-electron chi connectivity index (χ4n) is 12.0. The van der Waals surface area contributed by atoms with Gasteiger partial charge in [0, 0.05) is 28.1 Å². The fraction of sp³-hybridized carbons (Fsp3) is 0.0435. The Balaban J connectivity index is 0.830. The molecule has 0 atom stereocenters. The lowest BCUT2D eigenvalue weighted by Gasteiger charge is -2.30. The van der Waals surface area contributed by atoms with E-state index in [1.165, 1.54) is 120 Å². The molecule has 0 N–H and O–H groups in total. The zero-order chi connectivity index (χ0) is 47.3. The van der Waals surface area contributed by atoms with Crippen molar-refractivity contribution < 1.29 is 0 Å². The standard InChI is InChI=1S/C69H48N2/c1-43-36-44(2)69(45(3)37-43)71(62-41-57-26-22-51-14-7-15-52-23-27-58(42-62)68(57)66(51)52)60-34-30-47(31-35-60)54-17-8-16-53(38-54)46-28-32-59(33-29-46)70(64-19-9-11-48-10-4-5-18-63(48)64)61-39-55-24-20-49-12-6-13-50-21-25-56(40-61)67(55)65(49)50/h4-42H,1-3H3. The van der Waals surface area contributed by atoms with Crippen LogP contribution in [0, 0.1) is 20.8 Å². The third kappa shape index (κ3) is 6.71. The van der Waals surface area contributed by atoms with Crippen LogP contribution in [0.4, 0.5) is 34.1 Å². The Kier molecular flexibility index (Phi) is 9.28. The number of hydrogen-bond acceptors (Lipinski definition) is 2. The van der Waals surface area contributed by atoms with Gasteiger partial charge >= 0.3 is 0 Å². The summed E-state index contributed by atoms with van der Waals surface area (Å²) in [6.45, 7) is 6.68. The van der Waals surface area contributed by atoms with Crippen molar-refractivity contribution in [1.29, 1.82) is 0 Å². The third-order valence-electron chi connectivity index (χ3n) is 15.1. The maximum absolute atomic E-state index is 2.46. The summed E-state index contributed by atoms with van der Waals surface area (Å²) in [7, 11) is 0. The summed E-state index contributed by atoms with van der Waals surface area (Å²) in [4.78, 5) is 4.90. The van der Waals surface area contributed by atoms with Crippen LogP contribution < -0.4 is 9.80 Å². The van der Waals surface area contributed by atoms with Crippen LogP contribution in [0.5, 0.6) is 0 Å². The van der Waals surface area contributed by atoms with E-state index in [4.69, 9.17) is 0 Å². The van der Waals surface area contributed by atoms with Crippen molar-refractivity contribution in [3.63, 3.8) is 0 Å². The maximum atomic E-state index is 2.46. The average Bonchev–Trinajstić information content (AvgIpc) is 3.41. The van der Waals surface area contributed by atoms with Gasteiger partial charge in [-0.15, -0.1) is 0 Å². The van der Waals surface area contributed by atoms with Gasteiger partial charge in [-0.25, -0.2) is 0 Å². The highest BCUT2D eigenvalue weighted by Crippen LogP contribution is 2.46. The van der Waals surface area contributed by atoms with E-state index in [9.17, 15) is 0 Å². The van der Waals surface area contributed by atoms with E-state index in [0.717, 1.165) is 28.4 Å². The van der Waals surface area contributed by atoms with Gasteiger partial charge in [-0.1, -0.05) is 181 Å². The van der Waals surface area contributed by atoms with Crippen molar-refractivity contribution in [3.05, 3.63) is 253 Å². The fourth-order valence-corrected chi connectivity index (χ4v) is 12.0. The molecular formula is C69H48N2. The quantitative estimate of drug-likeness (QED) is 0.140. The lowest BCUT2D eigenvalue weighted by Crippen LogP contribution is -2.13. The molecule has 0 radical (unpaired) electrons. The van der Waals surface area contributed by atoms with Crippen molar-refractivity contribution >= 4 is 110 Å². The molecule has 2 nitrogen and oxygen atoms in total. The van der Waals surface area contributed by atoms with Crippen LogP contribution in [0.15, 0.2) is 237 Å². The van der Waals surface area contributed by atoms with E-state index in [0.29, 0.717) is 0 Å². The number of anilines is 6. The molecule has 14 aromatic rings. The molecule has 0 aromatic heterocycles. The Hall–Kier alpha value is -8.98. The van der Waals surface area contributed by atoms with Crippen LogP contribution in [0.3, 0.4) is 0 Å². The second-order valence-electron chi connectivity index (χ2n) is 19.5. The lowest BCUT2D eigenvalue weighted by molar-refractivity contribution is 1.21. The van der Waals surface area contributed by atoms with E-state index in [1.807, 2.05) is 0 Å². The van der Waals surface area contributed by atoms with E-state index in [2.05, 4.69) is 267 Å². The minimum Gasteiger partial charge on any atom is -0.310 e. The molecule has 14 rings (SSSR count). The van der Waals surface area contributed by atoms with Gasteiger partial charge in [0.1, 0.15) is 0 Å². The first kappa shape index (κ1) is 41.0. The smallest absolute Gasteiger partial charge is 0.0540 e. The third-order valence-corrected chi connectivity index (χ3v) is 15.1. The molecule has 0 saturated carbocycles. The molecule has 14 aromatic carbocycles. The van der Waals surface area contributed by atoms with Crippen molar-refractivity contribution in [2.24, 2.45) is 0 Å². The van der Waals surface area contributed by atoms with Crippen LogP contribution in [0.1, 0.15) is 16.7 Å². The van der Waals surface area contributed by atoms with Gasteiger partial charge in [0.25, 0.3) is 0 Å².